The number of carbonyl (C=O) groups is 1. The second-order valence-electron chi connectivity index (χ2n) is 3.04. The number of hydrogen-bond donors (Lipinski definition) is 1. The zero-order valence-corrected chi connectivity index (χ0v) is 8.80. The number of hydrogen-bond acceptors (Lipinski definition) is 2. The van der Waals surface area contributed by atoms with E-state index in [-0.39, 0.29) is 5.75 Å². The molecule has 0 amide bonds. The van der Waals surface area contributed by atoms with Gasteiger partial charge in [-0.3, -0.25) is 4.79 Å². The van der Waals surface area contributed by atoms with E-state index >= 15 is 0 Å². The molecule has 1 aromatic carbocycles. The summed E-state index contributed by atoms with van der Waals surface area (Å²) in [6.45, 7) is 0. The Morgan fingerprint density at radius 3 is 2.64 bits per heavy atom. The maximum Gasteiger partial charge on any atom is 0.313 e. The van der Waals surface area contributed by atoms with Gasteiger partial charge in [0.2, 0.25) is 0 Å². The standard InChI is InChI=1S/C11H14O2S/c12-11(13)9-14-8-4-7-10-5-2-1-3-6-10/h1-3,5-6H,4,7-9H2,(H,12,13). The van der Waals surface area contributed by atoms with Crippen LogP contribution in [0.2, 0.25) is 0 Å². The molecule has 0 aromatic heterocycles. The highest BCUT2D eigenvalue weighted by Crippen LogP contribution is 2.07. The van der Waals surface area contributed by atoms with E-state index < -0.39 is 5.97 Å². The third-order valence-electron chi connectivity index (χ3n) is 1.82. The van der Waals surface area contributed by atoms with E-state index in [1.54, 1.807) is 0 Å². The predicted molar refractivity (Wildman–Crippen MR) is 59.7 cm³/mol. The highest BCUT2D eigenvalue weighted by atomic mass is 32.2. The molecule has 1 aromatic rings. The zero-order chi connectivity index (χ0) is 10.2. The van der Waals surface area contributed by atoms with Crippen molar-refractivity contribution in [3.8, 4) is 0 Å². The maximum absolute atomic E-state index is 10.2. The fraction of sp³-hybridized carbons (Fsp3) is 0.364. The van der Waals surface area contributed by atoms with Crippen LogP contribution in [0.4, 0.5) is 0 Å². The largest absolute Gasteiger partial charge is 0.481 e. The molecule has 14 heavy (non-hydrogen) atoms. The summed E-state index contributed by atoms with van der Waals surface area (Å²) >= 11 is 1.48. The van der Waals surface area contributed by atoms with Crippen molar-refractivity contribution in [1.29, 1.82) is 0 Å². The first-order valence-corrected chi connectivity index (χ1v) is 5.78. The Balaban J connectivity index is 2.08. The molecule has 0 unspecified atom stereocenters. The quantitative estimate of drug-likeness (QED) is 0.733. The summed E-state index contributed by atoms with van der Waals surface area (Å²) in [5.74, 6) is 0.408. The molecule has 76 valence electrons. The van der Waals surface area contributed by atoms with Crippen molar-refractivity contribution in [2.75, 3.05) is 11.5 Å². The Morgan fingerprint density at radius 1 is 1.29 bits per heavy atom. The lowest BCUT2D eigenvalue weighted by molar-refractivity contribution is -0.133. The molecule has 0 aliphatic rings. The molecule has 0 aliphatic carbocycles. The summed E-state index contributed by atoms with van der Waals surface area (Å²) in [5, 5.41) is 8.41. The average Bonchev–Trinajstić information content (AvgIpc) is 2.18. The number of thioether (sulfide) groups is 1. The van der Waals surface area contributed by atoms with Gasteiger partial charge in [-0.05, 0) is 24.2 Å². The number of aliphatic carboxylic acids is 1. The second kappa shape index (κ2) is 6.49. The van der Waals surface area contributed by atoms with E-state index in [1.165, 1.54) is 17.3 Å². The molecular formula is C11H14O2S. The molecule has 0 spiro atoms. The van der Waals surface area contributed by atoms with Crippen LogP contribution >= 0.6 is 11.8 Å². The monoisotopic (exact) mass is 210 g/mol. The van der Waals surface area contributed by atoms with Gasteiger partial charge in [-0.1, -0.05) is 30.3 Å². The molecule has 0 saturated heterocycles. The molecule has 1 rings (SSSR count). The molecule has 0 radical (unpaired) electrons. The van der Waals surface area contributed by atoms with E-state index in [2.05, 4.69) is 12.1 Å². The topological polar surface area (TPSA) is 37.3 Å². The van der Waals surface area contributed by atoms with Gasteiger partial charge in [0.1, 0.15) is 0 Å². The molecular weight excluding hydrogens is 196 g/mol. The van der Waals surface area contributed by atoms with Crippen molar-refractivity contribution in [3.63, 3.8) is 0 Å². The van der Waals surface area contributed by atoms with Gasteiger partial charge in [-0.25, -0.2) is 0 Å². The third kappa shape index (κ3) is 4.92. The van der Waals surface area contributed by atoms with Crippen LogP contribution in [0.3, 0.4) is 0 Å². The molecule has 0 saturated carbocycles. The highest BCUT2D eigenvalue weighted by molar-refractivity contribution is 7.99. The Morgan fingerprint density at radius 2 is 2.00 bits per heavy atom. The summed E-state index contributed by atoms with van der Waals surface area (Å²) in [5.41, 5.74) is 1.32. The van der Waals surface area contributed by atoms with Crippen LogP contribution in [0.15, 0.2) is 30.3 Å². The molecule has 0 fully saturated rings. The Hall–Kier alpha value is -0.960. The molecule has 0 aliphatic heterocycles. The minimum Gasteiger partial charge on any atom is -0.481 e. The maximum atomic E-state index is 10.2. The average molecular weight is 210 g/mol. The lowest BCUT2D eigenvalue weighted by Crippen LogP contribution is -1.99. The van der Waals surface area contributed by atoms with Crippen LogP contribution in [-0.2, 0) is 11.2 Å². The summed E-state index contributed by atoms with van der Waals surface area (Å²) in [6, 6.07) is 10.3. The Labute approximate surface area is 88.3 Å². The summed E-state index contributed by atoms with van der Waals surface area (Å²) in [6.07, 6.45) is 2.08. The van der Waals surface area contributed by atoms with Crippen LogP contribution in [0.25, 0.3) is 0 Å². The van der Waals surface area contributed by atoms with Gasteiger partial charge < -0.3 is 5.11 Å². The lowest BCUT2D eigenvalue weighted by Gasteiger charge is -1.99. The molecule has 3 heteroatoms. The fourth-order valence-corrected chi connectivity index (χ4v) is 1.85. The Bertz CT molecular complexity index is 272. The van der Waals surface area contributed by atoms with E-state index in [9.17, 15) is 4.79 Å². The minimum absolute atomic E-state index is 0.217. The molecule has 2 nitrogen and oxygen atoms in total. The number of aryl methyl sites for hydroxylation is 1. The van der Waals surface area contributed by atoms with Crippen LogP contribution in [0.5, 0.6) is 0 Å². The number of rotatable bonds is 6. The number of benzene rings is 1. The second-order valence-corrected chi connectivity index (χ2v) is 4.14. The fourth-order valence-electron chi connectivity index (χ4n) is 1.18. The molecule has 0 atom stereocenters. The summed E-state index contributed by atoms with van der Waals surface area (Å²) < 4.78 is 0. The first-order chi connectivity index (χ1) is 6.79. The van der Waals surface area contributed by atoms with Crippen molar-refractivity contribution < 1.29 is 9.90 Å². The Kier molecular flexibility index (Phi) is 5.15. The van der Waals surface area contributed by atoms with Gasteiger partial charge in [-0.2, -0.15) is 11.8 Å². The van der Waals surface area contributed by atoms with Gasteiger partial charge in [0.25, 0.3) is 0 Å². The minimum atomic E-state index is -0.727. The summed E-state index contributed by atoms with van der Waals surface area (Å²) in [7, 11) is 0. The summed E-state index contributed by atoms with van der Waals surface area (Å²) in [4.78, 5) is 10.2. The lowest BCUT2D eigenvalue weighted by atomic mass is 10.1. The first kappa shape index (κ1) is 11.1. The van der Waals surface area contributed by atoms with Crippen LogP contribution in [0, 0.1) is 0 Å². The van der Waals surface area contributed by atoms with Crippen LogP contribution in [0.1, 0.15) is 12.0 Å². The van der Waals surface area contributed by atoms with Crippen molar-refractivity contribution in [2.45, 2.75) is 12.8 Å². The SMILES string of the molecule is O=C(O)CSCCCc1ccccc1. The number of carboxylic acid groups (broad SMARTS) is 1. The van der Waals surface area contributed by atoms with Crippen molar-refractivity contribution in [1.82, 2.24) is 0 Å². The van der Waals surface area contributed by atoms with Gasteiger partial charge >= 0.3 is 5.97 Å². The van der Waals surface area contributed by atoms with E-state index in [4.69, 9.17) is 5.11 Å². The van der Waals surface area contributed by atoms with Crippen LogP contribution in [-0.4, -0.2) is 22.6 Å². The van der Waals surface area contributed by atoms with E-state index in [1.807, 2.05) is 18.2 Å². The highest BCUT2D eigenvalue weighted by Gasteiger charge is 1.96. The van der Waals surface area contributed by atoms with Gasteiger partial charge in [0.05, 0.1) is 5.75 Å². The first-order valence-electron chi connectivity index (χ1n) is 4.62. The zero-order valence-electron chi connectivity index (χ0n) is 7.98. The van der Waals surface area contributed by atoms with E-state index in [0.717, 1.165) is 18.6 Å². The number of carboxylic acids is 1. The normalized spacial score (nSPS) is 10.0. The molecule has 1 N–H and O–H groups in total. The third-order valence-corrected chi connectivity index (χ3v) is 2.85. The van der Waals surface area contributed by atoms with Crippen molar-refractivity contribution in [2.24, 2.45) is 0 Å². The van der Waals surface area contributed by atoms with Crippen molar-refractivity contribution >= 4 is 17.7 Å². The van der Waals surface area contributed by atoms with Crippen molar-refractivity contribution in [3.05, 3.63) is 35.9 Å². The van der Waals surface area contributed by atoms with Gasteiger partial charge in [0.15, 0.2) is 0 Å². The molecule has 0 heterocycles. The smallest absolute Gasteiger partial charge is 0.313 e. The van der Waals surface area contributed by atoms with E-state index in [0.29, 0.717) is 0 Å². The van der Waals surface area contributed by atoms with Gasteiger partial charge in [-0.15, -0.1) is 0 Å². The molecule has 0 bridgehead atoms. The van der Waals surface area contributed by atoms with Crippen LogP contribution < -0.4 is 0 Å². The van der Waals surface area contributed by atoms with Gasteiger partial charge in [0, 0.05) is 0 Å². The predicted octanol–water partition coefficient (Wildman–Crippen LogP) is 2.44.